The van der Waals surface area contributed by atoms with Crippen molar-refractivity contribution in [3.05, 3.63) is 0 Å². The van der Waals surface area contributed by atoms with Crippen LogP contribution in [-0.2, 0) is 0 Å². The molecule has 1 rings (SSSR count). The molecule has 0 aromatic heterocycles. The minimum Gasteiger partial charge on any atom is -0.370 e. The topological polar surface area (TPSA) is 44.9 Å². The molecule has 0 radical (unpaired) electrons. The molecule has 1 saturated heterocycles. The van der Waals surface area contributed by atoms with E-state index < -0.39 is 0 Å². The summed E-state index contributed by atoms with van der Waals surface area (Å²) in [6.07, 6.45) is 3.81. The minimum atomic E-state index is 0.0698. The lowest BCUT2D eigenvalue weighted by Gasteiger charge is -2.32. The molecular formula is C12H26N4. The van der Waals surface area contributed by atoms with Crippen molar-refractivity contribution in [3.63, 3.8) is 0 Å². The van der Waals surface area contributed by atoms with Gasteiger partial charge in [0.25, 0.3) is 0 Å². The molecule has 16 heavy (non-hydrogen) atoms. The molecule has 0 amide bonds. The third-order valence-corrected chi connectivity index (χ3v) is 3.52. The van der Waals surface area contributed by atoms with Crippen molar-refractivity contribution in [1.29, 1.82) is 0 Å². The highest BCUT2D eigenvalue weighted by Crippen LogP contribution is 2.11. The quantitative estimate of drug-likeness (QED) is 0.579. The van der Waals surface area contributed by atoms with Crippen molar-refractivity contribution in [2.75, 3.05) is 33.7 Å². The first-order valence-electron chi connectivity index (χ1n) is 6.16. The van der Waals surface area contributed by atoms with Crippen molar-refractivity contribution < 1.29 is 0 Å². The molecule has 4 nitrogen and oxygen atoms in total. The number of rotatable bonds is 3. The largest absolute Gasteiger partial charge is 0.370 e. The standard InChI is InChI=1S/C12H26N4/c1-12(2,15(3)4)10-14-11(13)16-8-6-5-7-9-16/h5-10H2,1-4H3,(H2,13,14). The van der Waals surface area contributed by atoms with Crippen LogP contribution < -0.4 is 5.73 Å². The smallest absolute Gasteiger partial charge is 0.191 e. The second-order valence-electron chi connectivity index (χ2n) is 5.43. The van der Waals surface area contributed by atoms with E-state index in [1.54, 1.807) is 0 Å². The Morgan fingerprint density at radius 2 is 1.81 bits per heavy atom. The fourth-order valence-corrected chi connectivity index (χ4v) is 1.64. The van der Waals surface area contributed by atoms with Gasteiger partial charge in [0.1, 0.15) is 0 Å². The van der Waals surface area contributed by atoms with E-state index in [1.807, 2.05) is 0 Å². The summed E-state index contributed by atoms with van der Waals surface area (Å²) in [6.45, 7) is 7.25. The zero-order valence-electron chi connectivity index (χ0n) is 11.2. The number of likely N-dealkylation sites (N-methyl/N-ethyl adjacent to an activating group) is 1. The lowest BCUT2D eigenvalue weighted by molar-refractivity contribution is 0.204. The Balaban J connectivity index is 2.49. The summed E-state index contributed by atoms with van der Waals surface area (Å²) in [5.41, 5.74) is 6.08. The summed E-state index contributed by atoms with van der Waals surface area (Å²) in [5, 5.41) is 0. The highest BCUT2D eigenvalue weighted by molar-refractivity contribution is 5.78. The predicted molar refractivity (Wildman–Crippen MR) is 69.7 cm³/mol. The zero-order chi connectivity index (χ0) is 12.2. The Kier molecular flexibility index (Phi) is 4.59. The lowest BCUT2D eigenvalue weighted by atomic mass is 10.1. The average Bonchev–Trinajstić information content (AvgIpc) is 2.27. The van der Waals surface area contributed by atoms with Gasteiger partial charge < -0.3 is 15.5 Å². The van der Waals surface area contributed by atoms with Crippen molar-refractivity contribution in [2.24, 2.45) is 10.7 Å². The minimum absolute atomic E-state index is 0.0698. The Morgan fingerprint density at radius 1 is 1.25 bits per heavy atom. The maximum Gasteiger partial charge on any atom is 0.191 e. The maximum absolute atomic E-state index is 6.01. The fourth-order valence-electron chi connectivity index (χ4n) is 1.64. The molecule has 94 valence electrons. The number of guanidine groups is 1. The van der Waals surface area contributed by atoms with E-state index in [0.717, 1.165) is 25.6 Å². The monoisotopic (exact) mass is 226 g/mol. The normalized spacial score (nSPS) is 19.3. The number of likely N-dealkylation sites (tertiary alicyclic amines) is 1. The number of nitrogens with zero attached hydrogens (tertiary/aromatic N) is 3. The second-order valence-corrected chi connectivity index (χ2v) is 5.43. The fraction of sp³-hybridized carbons (Fsp3) is 0.917. The van der Waals surface area contributed by atoms with Crippen LogP contribution in [0.15, 0.2) is 4.99 Å². The molecule has 1 aliphatic heterocycles. The molecule has 0 saturated carbocycles. The summed E-state index contributed by atoms with van der Waals surface area (Å²) in [5.74, 6) is 0.717. The Hall–Kier alpha value is -0.770. The van der Waals surface area contributed by atoms with Gasteiger partial charge in [0.05, 0.1) is 6.54 Å². The summed E-state index contributed by atoms with van der Waals surface area (Å²) in [7, 11) is 4.15. The van der Waals surface area contributed by atoms with E-state index in [4.69, 9.17) is 5.73 Å². The third kappa shape index (κ3) is 3.67. The van der Waals surface area contributed by atoms with E-state index in [1.165, 1.54) is 19.3 Å². The van der Waals surface area contributed by atoms with Gasteiger partial charge in [-0.2, -0.15) is 0 Å². The van der Waals surface area contributed by atoms with Gasteiger partial charge in [-0.15, -0.1) is 0 Å². The molecule has 0 aliphatic carbocycles. The molecule has 0 aromatic carbocycles. The highest BCUT2D eigenvalue weighted by atomic mass is 15.3. The molecule has 1 aliphatic rings. The summed E-state index contributed by atoms with van der Waals surface area (Å²) >= 11 is 0. The van der Waals surface area contributed by atoms with Crippen LogP contribution in [0.2, 0.25) is 0 Å². The number of hydrogen-bond acceptors (Lipinski definition) is 2. The van der Waals surface area contributed by atoms with Crippen LogP contribution in [0, 0.1) is 0 Å². The van der Waals surface area contributed by atoms with E-state index in [9.17, 15) is 0 Å². The lowest BCUT2D eigenvalue weighted by Crippen LogP contribution is -2.44. The predicted octanol–water partition coefficient (Wildman–Crippen LogP) is 1.13. The first-order chi connectivity index (χ1) is 7.43. The Morgan fingerprint density at radius 3 is 2.31 bits per heavy atom. The Labute approximate surface area is 99.5 Å². The van der Waals surface area contributed by atoms with Gasteiger partial charge >= 0.3 is 0 Å². The van der Waals surface area contributed by atoms with Gasteiger partial charge in [-0.1, -0.05) is 0 Å². The summed E-state index contributed by atoms with van der Waals surface area (Å²) < 4.78 is 0. The first-order valence-corrected chi connectivity index (χ1v) is 6.16. The Bertz CT molecular complexity index is 239. The molecule has 0 unspecified atom stereocenters. The molecule has 0 spiro atoms. The van der Waals surface area contributed by atoms with Crippen LogP contribution in [0.5, 0.6) is 0 Å². The van der Waals surface area contributed by atoms with Crippen molar-refractivity contribution in [2.45, 2.75) is 38.6 Å². The van der Waals surface area contributed by atoms with E-state index >= 15 is 0 Å². The van der Waals surface area contributed by atoms with Crippen LogP contribution in [0.1, 0.15) is 33.1 Å². The number of aliphatic imine (C=N–C) groups is 1. The van der Waals surface area contributed by atoms with Crippen molar-refractivity contribution in [3.8, 4) is 0 Å². The maximum atomic E-state index is 6.01. The van der Waals surface area contributed by atoms with E-state index in [-0.39, 0.29) is 5.54 Å². The van der Waals surface area contributed by atoms with Gasteiger partial charge in [-0.25, -0.2) is 0 Å². The van der Waals surface area contributed by atoms with Gasteiger partial charge in [0.15, 0.2) is 5.96 Å². The zero-order valence-corrected chi connectivity index (χ0v) is 11.2. The van der Waals surface area contributed by atoms with Gasteiger partial charge in [0.2, 0.25) is 0 Å². The van der Waals surface area contributed by atoms with Crippen LogP contribution in [-0.4, -0.2) is 55.0 Å². The highest BCUT2D eigenvalue weighted by Gasteiger charge is 2.20. The number of piperidine rings is 1. The van der Waals surface area contributed by atoms with Crippen molar-refractivity contribution >= 4 is 5.96 Å². The summed E-state index contributed by atoms with van der Waals surface area (Å²) in [4.78, 5) is 8.90. The third-order valence-electron chi connectivity index (χ3n) is 3.52. The van der Waals surface area contributed by atoms with Crippen LogP contribution in [0.25, 0.3) is 0 Å². The molecular weight excluding hydrogens is 200 g/mol. The second kappa shape index (κ2) is 5.53. The molecule has 0 bridgehead atoms. The van der Waals surface area contributed by atoms with E-state index in [2.05, 4.69) is 42.7 Å². The van der Waals surface area contributed by atoms with Crippen LogP contribution >= 0.6 is 0 Å². The summed E-state index contributed by atoms with van der Waals surface area (Å²) in [6, 6.07) is 0. The van der Waals surface area contributed by atoms with Gasteiger partial charge in [0, 0.05) is 18.6 Å². The molecule has 0 atom stereocenters. The molecule has 0 aromatic rings. The van der Waals surface area contributed by atoms with E-state index in [0.29, 0.717) is 0 Å². The molecule has 2 N–H and O–H groups in total. The molecule has 1 heterocycles. The number of hydrogen-bond donors (Lipinski definition) is 1. The first kappa shape index (κ1) is 13.3. The molecule has 1 fully saturated rings. The van der Waals surface area contributed by atoms with Gasteiger partial charge in [-0.05, 0) is 47.2 Å². The average molecular weight is 226 g/mol. The van der Waals surface area contributed by atoms with Crippen molar-refractivity contribution in [1.82, 2.24) is 9.80 Å². The SMILES string of the molecule is CN(C)C(C)(C)CN=C(N)N1CCCCC1. The van der Waals surface area contributed by atoms with Gasteiger partial charge in [-0.3, -0.25) is 4.99 Å². The van der Waals surface area contributed by atoms with Crippen LogP contribution in [0.4, 0.5) is 0 Å². The van der Waals surface area contributed by atoms with Crippen LogP contribution in [0.3, 0.4) is 0 Å². The number of nitrogens with two attached hydrogens (primary N) is 1. The molecule has 4 heteroatoms.